The molecule has 4 rings (SSSR count). The van der Waals surface area contributed by atoms with E-state index < -0.39 is 0 Å². The number of hydrogen-bond donors (Lipinski definition) is 1. The van der Waals surface area contributed by atoms with Crippen LogP contribution in [-0.4, -0.2) is 35.4 Å². The van der Waals surface area contributed by atoms with Crippen molar-refractivity contribution in [1.29, 1.82) is 0 Å². The zero-order valence-corrected chi connectivity index (χ0v) is 18.5. The number of nitrogens with one attached hydrogen (secondary N) is 1. The van der Waals surface area contributed by atoms with Crippen LogP contribution in [0.15, 0.2) is 72.9 Å². The van der Waals surface area contributed by atoms with E-state index >= 15 is 0 Å². The zero-order valence-electron chi connectivity index (χ0n) is 18.5. The van der Waals surface area contributed by atoms with Crippen LogP contribution in [0.25, 0.3) is 0 Å². The van der Waals surface area contributed by atoms with Crippen molar-refractivity contribution in [3.8, 4) is 0 Å². The smallest absolute Gasteiger partial charge is 0.224 e. The lowest BCUT2D eigenvalue weighted by Gasteiger charge is -2.37. The molecule has 4 nitrogen and oxygen atoms in total. The Bertz CT molecular complexity index is 1040. The Hall–Kier alpha value is -3.05. The van der Waals surface area contributed by atoms with Gasteiger partial charge in [0.15, 0.2) is 0 Å². The molecule has 166 valence electrons. The molecule has 2 unspecified atom stereocenters. The molecule has 0 saturated carbocycles. The average Bonchev–Trinajstić information content (AvgIpc) is 2.79. The van der Waals surface area contributed by atoms with E-state index in [2.05, 4.69) is 46.4 Å². The Morgan fingerprint density at radius 3 is 2.75 bits per heavy atom. The number of benzene rings is 2. The lowest BCUT2D eigenvalue weighted by molar-refractivity contribution is -0.127. The van der Waals surface area contributed by atoms with E-state index in [0.29, 0.717) is 26.1 Å². The normalized spacial score (nSPS) is 18.9. The highest BCUT2D eigenvalue weighted by Crippen LogP contribution is 2.31. The number of amides is 1. The number of hydrogen-bond acceptors (Lipinski definition) is 3. The van der Waals surface area contributed by atoms with Gasteiger partial charge in [-0.3, -0.25) is 14.7 Å². The van der Waals surface area contributed by atoms with Crippen molar-refractivity contribution in [3.63, 3.8) is 0 Å². The highest BCUT2D eigenvalue weighted by atomic mass is 19.1. The Labute approximate surface area is 189 Å². The summed E-state index contributed by atoms with van der Waals surface area (Å²) < 4.78 is 13.7. The molecule has 0 aliphatic carbocycles. The fourth-order valence-electron chi connectivity index (χ4n) is 4.57. The first-order chi connectivity index (χ1) is 15.6. The molecule has 3 aromatic rings. The Morgan fingerprint density at radius 1 is 1.09 bits per heavy atom. The molecular weight excluding hydrogens is 401 g/mol. The molecule has 0 spiro atoms. The quantitative estimate of drug-likeness (QED) is 0.599. The van der Waals surface area contributed by atoms with Gasteiger partial charge in [-0.1, -0.05) is 48.0 Å². The van der Waals surface area contributed by atoms with Gasteiger partial charge < -0.3 is 5.32 Å². The molecule has 1 aliphatic heterocycles. The average molecular weight is 432 g/mol. The number of halogens is 1. The number of piperidine rings is 1. The topological polar surface area (TPSA) is 45.2 Å². The maximum Gasteiger partial charge on any atom is 0.224 e. The standard InChI is InChI=1S/C27H30FN3O/c1-20-6-4-8-22(14-20)23-16-24(27(32)30-13-11-26-10-2-3-12-29-26)19-31(18-23)17-21-7-5-9-25(28)15-21/h2-10,12,14-15,23-24H,11,13,16-19H2,1H3,(H,30,32). The third-order valence-corrected chi connectivity index (χ3v) is 6.11. The summed E-state index contributed by atoms with van der Waals surface area (Å²) in [5.74, 6) is 0.0244. The second-order valence-corrected chi connectivity index (χ2v) is 8.73. The molecule has 1 aromatic heterocycles. The predicted octanol–water partition coefficient (Wildman–Crippen LogP) is 4.49. The van der Waals surface area contributed by atoms with Crippen LogP contribution in [0.5, 0.6) is 0 Å². The Kier molecular flexibility index (Phi) is 7.28. The van der Waals surface area contributed by atoms with Gasteiger partial charge >= 0.3 is 0 Å². The van der Waals surface area contributed by atoms with Gasteiger partial charge in [0.05, 0.1) is 5.92 Å². The van der Waals surface area contributed by atoms with Gasteiger partial charge in [0.25, 0.3) is 0 Å². The zero-order chi connectivity index (χ0) is 22.3. The highest BCUT2D eigenvalue weighted by Gasteiger charge is 2.32. The lowest BCUT2D eigenvalue weighted by Crippen LogP contribution is -2.45. The Balaban J connectivity index is 1.45. The summed E-state index contributed by atoms with van der Waals surface area (Å²) in [6.45, 7) is 4.84. The van der Waals surface area contributed by atoms with E-state index in [4.69, 9.17) is 0 Å². The monoisotopic (exact) mass is 431 g/mol. The number of aromatic nitrogens is 1. The second kappa shape index (κ2) is 10.5. The van der Waals surface area contributed by atoms with Crippen molar-refractivity contribution in [1.82, 2.24) is 15.2 Å². The Morgan fingerprint density at radius 2 is 1.97 bits per heavy atom. The minimum absolute atomic E-state index is 0.0857. The molecule has 0 radical (unpaired) electrons. The van der Waals surface area contributed by atoms with Gasteiger partial charge in [0.2, 0.25) is 5.91 Å². The SMILES string of the molecule is Cc1cccc(C2CC(C(=O)NCCc3ccccn3)CN(Cc3cccc(F)c3)C2)c1. The predicted molar refractivity (Wildman–Crippen MR) is 125 cm³/mol. The van der Waals surface area contributed by atoms with E-state index in [1.165, 1.54) is 17.2 Å². The molecule has 1 amide bonds. The number of nitrogens with zero attached hydrogens (tertiary/aromatic N) is 2. The van der Waals surface area contributed by atoms with E-state index in [1.54, 1.807) is 18.3 Å². The number of rotatable bonds is 7. The van der Waals surface area contributed by atoms with Crippen LogP contribution < -0.4 is 5.32 Å². The third kappa shape index (κ3) is 6.01. The van der Waals surface area contributed by atoms with E-state index in [9.17, 15) is 9.18 Å². The van der Waals surface area contributed by atoms with Crippen molar-refractivity contribution < 1.29 is 9.18 Å². The maximum absolute atomic E-state index is 13.7. The van der Waals surface area contributed by atoms with Gasteiger partial charge in [0, 0.05) is 44.5 Å². The molecule has 1 saturated heterocycles. The molecule has 1 aliphatic rings. The minimum Gasteiger partial charge on any atom is -0.355 e. The fourth-order valence-corrected chi connectivity index (χ4v) is 4.57. The second-order valence-electron chi connectivity index (χ2n) is 8.73. The lowest BCUT2D eigenvalue weighted by atomic mass is 9.83. The first kappa shape index (κ1) is 22.2. The fraction of sp³-hybridized carbons (Fsp3) is 0.333. The minimum atomic E-state index is -0.224. The molecule has 2 aromatic carbocycles. The first-order valence-electron chi connectivity index (χ1n) is 11.3. The molecule has 2 heterocycles. The van der Waals surface area contributed by atoms with Crippen molar-refractivity contribution >= 4 is 5.91 Å². The summed E-state index contributed by atoms with van der Waals surface area (Å²) in [4.78, 5) is 19.7. The molecule has 0 bridgehead atoms. The van der Waals surface area contributed by atoms with Gasteiger partial charge in [-0.2, -0.15) is 0 Å². The summed E-state index contributed by atoms with van der Waals surface area (Å²) in [5, 5.41) is 3.11. The molecule has 2 atom stereocenters. The van der Waals surface area contributed by atoms with E-state index in [-0.39, 0.29) is 23.6 Å². The number of aryl methyl sites for hydroxylation is 1. The number of pyridine rings is 1. The van der Waals surface area contributed by atoms with Crippen LogP contribution in [0.2, 0.25) is 0 Å². The van der Waals surface area contributed by atoms with Crippen molar-refractivity contribution in [2.24, 2.45) is 5.92 Å². The van der Waals surface area contributed by atoms with Crippen molar-refractivity contribution in [3.05, 3.63) is 101 Å². The summed E-state index contributed by atoms with van der Waals surface area (Å²) in [7, 11) is 0. The van der Waals surface area contributed by atoms with E-state index in [0.717, 1.165) is 24.2 Å². The largest absolute Gasteiger partial charge is 0.355 e. The van der Waals surface area contributed by atoms with Crippen LogP contribution in [0.4, 0.5) is 4.39 Å². The summed E-state index contributed by atoms with van der Waals surface area (Å²) in [6, 6.07) is 21.1. The molecule has 1 N–H and O–H groups in total. The molecule has 32 heavy (non-hydrogen) atoms. The molecule has 1 fully saturated rings. The maximum atomic E-state index is 13.7. The summed E-state index contributed by atoms with van der Waals surface area (Å²) >= 11 is 0. The molecular formula is C27H30FN3O. The summed E-state index contributed by atoms with van der Waals surface area (Å²) in [6.07, 6.45) is 3.31. The van der Waals surface area contributed by atoms with Gasteiger partial charge in [-0.25, -0.2) is 4.39 Å². The number of carbonyl (C=O) groups excluding carboxylic acids is 1. The van der Waals surface area contributed by atoms with Crippen LogP contribution in [0.3, 0.4) is 0 Å². The van der Waals surface area contributed by atoms with Crippen LogP contribution >= 0.6 is 0 Å². The summed E-state index contributed by atoms with van der Waals surface area (Å²) in [5.41, 5.74) is 4.40. The molecule has 5 heteroatoms. The van der Waals surface area contributed by atoms with Crippen LogP contribution in [0, 0.1) is 18.7 Å². The number of carbonyl (C=O) groups is 1. The third-order valence-electron chi connectivity index (χ3n) is 6.11. The highest BCUT2D eigenvalue weighted by molar-refractivity contribution is 5.79. The van der Waals surface area contributed by atoms with Crippen LogP contribution in [0.1, 0.15) is 34.7 Å². The number of likely N-dealkylation sites (tertiary alicyclic amines) is 1. The van der Waals surface area contributed by atoms with Crippen molar-refractivity contribution in [2.75, 3.05) is 19.6 Å². The first-order valence-corrected chi connectivity index (χ1v) is 11.3. The van der Waals surface area contributed by atoms with Crippen LogP contribution in [-0.2, 0) is 17.8 Å². The van der Waals surface area contributed by atoms with Gasteiger partial charge in [-0.15, -0.1) is 0 Å². The van der Waals surface area contributed by atoms with E-state index in [1.807, 2.05) is 24.3 Å². The van der Waals surface area contributed by atoms with Crippen molar-refractivity contribution in [2.45, 2.75) is 32.2 Å². The van der Waals surface area contributed by atoms with Gasteiger partial charge in [-0.05, 0) is 54.7 Å². The van der Waals surface area contributed by atoms with Gasteiger partial charge in [0.1, 0.15) is 5.82 Å².